The van der Waals surface area contributed by atoms with Crippen molar-refractivity contribution in [2.45, 2.75) is 24.8 Å². The van der Waals surface area contributed by atoms with Crippen LogP contribution in [0.1, 0.15) is 36.1 Å². The van der Waals surface area contributed by atoms with Crippen LogP contribution in [0.2, 0.25) is 5.02 Å². The zero-order valence-electron chi connectivity index (χ0n) is 14.7. The fourth-order valence-corrected chi connectivity index (χ4v) is 3.97. The second-order valence-electron chi connectivity index (χ2n) is 6.89. The maximum Gasteiger partial charge on any atom is 0.219 e. The molecule has 3 aromatic rings. The fourth-order valence-electron chi connectivity index (χ4n) is 3.84. The lowest BCUT2D eigenvalue weighted by Gasteiger charge is -2.29. The number of hydrogen-bond acceptors (Lipinski definition) is 7. The molecule has 0 radical (unpaired) electrons. The van der Waals surface area contributed by atoms with Crippen LogP contribution >= 0.6 is 11.6 Å². The maximum atomic E-state index is 13.2. The Morgan fingerprint density at radius 3 is 2.64 bits per heavy atom. The Bertz CT molecular complexity index is 1060. The summed E-state index contributed by atoms with van der Waals surface area (Å²) in [6.45, 7) is 0. The standard InChI is InChI=1S/C20H16ClN5O2/c21-13-6-4-11(5-7-13)12-9-15-17(16(27)10-12)18(14-3-1-2-8-22-14)24-20-19(23-15)25-28-26-20/h1-8,12,18H,9-10H2,(H,23,25)(H,24,26)/t12-,18-/m1/s1. The first-order chi connectivity index (χ1) is 13.7. The van der Waals surface area contributed by atoms with Crippen LogP contribution in [0, 0.1) is 0 Å². The van der Waals surface area contributed by atoms with Crippen LogP contribution in [0.3, 0.4) is 0 Å². The van der Waals surface area contributed by atoms with Gasteiger partial charge in [0.05, 0.1) is 5.69 Å². The zero-order valence-corrected chi connectivity index (χ0v) is 15.5. The second-order valence-corrected chi connectivity index (χ2v) is 7.33. The molecule has 28 heavy (non-hydrogen) atoms. The summed E-state index contributed by atoms with van der Waals surface area (Å²) >= 11 is 6.01. The van der Waals surface area contributed by atoms with Gasteiger partial charge in [-0.2, -0.15) is 0 Å². The Balaban J connectivity index is 1.58. The highest BCUT2D eigenvalue weighted by atomic mass is 35.5. The van der Waals surface area contributed by atoms with Crippen LogP contribution in [0.4, 0.5) is 11.6 Å². The van der Waals surface area contributed by atoms with Gasteiger partial charge in [-0.05, 0) is 52.5 Å². The van der Waals surface area contributed by atoms with Gasteiger partial charge < -0.3 is 10.6 Å². The second kappa shape index (κ2) is 6.76. The lowest BCUT2D eigenvalue weighted by atomic mass is 9.79. The summed E-state index contributed by atoms with van der Waals surface area (Å²) in [6, 6.07) is 12.9. The Hall–Kier alpha value is -3.19. The van der Waals surface area contributed by atoms with Crippen molar-refractivity contribution in [2.75, 3.05) is 10.6 Å². The van der Waals surface area contributed by atoms with Crippen LogP contribution in [-0.2, 0) is 4.79 Å². The number of allylic oxidation sites excluding steroid dienone is 1. The molecule has 1 aromatic carbocycles. The number of carbonyl (C=O) groups excluding carboxylic acids is 1. The molecular weight excluding hydrogens is 378 g/mol. The van der Waals surface area contributed by atoms with E-state index in [2.05, 4.69) is 25.9 Å². The number of pyridine rings is 1. The van der Waals surface area contributed by atoms with E-state index < -0.39 is 6.04 Å². The Kier molecular flexibility index (Phi) is 4.09. The number of nitrogens with zero attached hydrogens (tertiary/aromatic N) is 3. The van der Waals surface area contributed by atoms with E-state index in [9.17, 15) is 4.79 Å². The largest absolute Gasteiger partial charge is 0.351 e. The average Bonchev–Trinajstić information content (AvgIpc) is 3.08. The summed E-state index contributed by atoms with van der Waals surface area (Å²) in [4.78, 5) is 17.7. The summed E-state index contributed by atoms with van der Waals surface area (Å²) in [7, 11) is 0. The molecular formula is C20H16ClN5O2. The summed E-state index contributed by atoms with van der Waals surface area (Å²) in [6.07, 6.45) is 2.80. The van der Waals surface area contributed by atoms with E-state index in [-0.39, 0.29) is 11.7 Å². The summed E-state index contributed by atoms with van der Waals surface area (Å²) in [5.41, 5.74) is 3.31. The predicted octanol–water partition coefficient (Wildman–Crippen LogP) is 4.10. The topological polar surface area (TPSA) is 92.9 Å². The van der Waals surface area contributed by atoms with Crippen molar-refractivity contribution in [1.29, 1.82) is 0 Å². The van der Waals surface area contributed by atoms with Crippen LogP contribution in [0.25, 0.3) is 0 Å². The molecule has 0 saturated carbocycles. The number of Topliss-reactive ketones (excluding diaryl/α,β-unsaturated/α-hetero) is 1. The third-order valence-corrected chi connectivity index (χ3v) is 5.41. The number of hydrogen-bond donors (Lipinski definition) is 2. The molecule has 1 aliphatic carbocycles. The third-order valence-electron chi connectivity index (χ3n) is 5.16. The summed E-state index contributed by atoms with van der Waals surface area (Å²) in [5.74, 6) is 1.05. The van der Waals surface area contributed by atoms with Crippen molar-refractivity contribution in [3.63, 3.8) is 0 Å². The number of nitrogens with one attached hydrogen (secondary N) is 2. The lowest BCUT2D eigenvalue weighted by molar-refractivity contribution is -0.116. The number of fused-ring (bicyclic) bond motifs is 1. The highest BCUT2D eigenvalue weighted by Crippen LogP contribution is 2.43. The number of aromatic nitrogens is 3. The van der Waals surface area contributed by atoms with Crippen LogP contribution in [0.15, 0.2) is 64.6 Å². The molecule has 8 heteroatoms. The van der Waals surface area contributed by atoms with Crippen molar-refractivity contribution < 1.29 is 9.42 Å². The van der Waals surface area contributed by atoms with Gasteiger partial charge in [0.15, 0.2) is 5.78 Å². The van der Waals surface area contributed by atoms with Crippen molar-refractivity contribution in [3.05, 3.63) is 76.2 Å². The minimum atomic E-state index is -0.421. The van der Waals surface area contributed by atoms with Gasteiger partial charge in [0.1, 0.15) is 6.04 Å². The fraction of sp³-hybridized carbons (Fsp3) is 0.200. The van der Waals surface area contributed by atoms with Crippen LogP contribution < -0.4 is 10.6 Å². The third kappa shape index (κ3) is 2.93. The molecule has 2 N–H and O–H groups in total. The number of rotatable bonds is 2. The van der Waals surface area contributed by atoms with Gasteiger partial charge in [0.25, 0.3) is 0 Å². The van der Waals surface area contributed by atoms with Crippen molar-refractivity contribution in [2.24, 2.45) is 0 Å². The maximum absolute atomic E-state index is 13.2. The molecule has 0 spiro atoms. The summed E-state index contributed by atoms with van der Waals surface area (Å²) < 4.78 is 4.87. The molecule has 7 nitrogen and oxygen atoms in total. The Morgan fingerprint density at radius 2 is 1.86 bits per heavy atom. The monoisotopic (exact) mass is 393 g/mol. The molecule has 2 atom stereocenters. The normalized spacial score (nSPS) is 21.2. The minimum absolute atomic E-state index is 0.0572. The van der Waals surface area contributed by atoms with Gasteiger partial charge in [-0.1, -0.05) is 29.8 Å². The van der Waals surface area contributed by atoms with Gasteiger partial charge in [-0.25, -0.2) is 4.63 Å². The van der Waals surface area contributed by atoms with Gasteiger partial charge in [0, 0.05) is 28.9 Å². The van der Waals surface area contributed by atoms with E-state index in [0.717, 1.165) is 17.0 Å². The van der Waals surface area contributed by atoms with Gasteiger partial charge in [0.2, 0.25) is 11.6 Å². The average molecular weight is 394 g/mol. The lowest BCUT2D eigenvalue weighted by Crippen LogP contribution is -2.27. The number of anilines is 2. The first kappa shape index (κ1) is 16.9. The molecule has 0 unspecified atom stereocenters. The molecule has 2 aromatic heterocycles. The van der Waals surface area contributed by atoms with Gasteiger partial charge >= 0.3 is 0 Å². The molecule has 0 bridgehead atoms. The number of benzene rings is 1. The molecule has 5 rings (SSSR count). The van der Waals surface area contributed by atoms with E-state index in [0.29, 0.717) is 35.1 Å². The van der Waals surface area contributed by atoms with Gasteiger partial charge in [-0.3, -0.25) is 9.78 Å². The van der Waals surface area contributed by atoms with Crippen LogP contribution in [-0.4, -0.2) is 21.1 Å². The quantitative estimate of drug-likeness (QED) is 0.677. The zero-order chi connectivity index (χ0) is 19.1. The van der Waals surface area contributed by atoms with Gasteiger partial charge in [-0.15, -0.1) is 0 Å². The smallest absolute Gasteiger partial charge is 0.219 e. The Morgan fingerprint density at radius 1 is 1.04 bits per heavy atom. The number of carbonyl (C=O) groups is 1. The highest BCUT2D eigenvalue weighted by molar-refractivity contribution is 6.30. The van der Waals surface area contributed by atoms with E-state index in [1.165, 1.54) is 0 Å². The van der Waals surface area contributed by atoms with Crippen LogP contribution in [0.5, 0.6) is 0 Å². The molecule has 0 fully saturated rings. The highest BCUT2D eigenvalue weighted by Gasteiger charge is 2.37. The molecule has 2 aliphatic rings. The summed E-state index contributed by atoms with van der Waals surface area (Å²) in [5, 5.41) is 15.0. The van der Waals surface area contributed by atoms with Crippen molar-refractivity contribution >= 4 is 29.0 Å². The first-order valence-electron chi connectivity index (χ1n) is 8.98. The van der Waals surface area contributed by atoms with E-state index in [4.69, 9.17) is 16.2 Å². The van der Waals surface area contributed by atoms with E-state index >= 15 is 0 Å². The first-order valence-corrected chi connectivity index (χ1v) is 9.35. The predicted molar refractivity (Wildman–Crippen MR) is 104 cm³/mol. The van der Waals surface area contributed by atoms with E-state index in [1.54, 1.807) is 6.20 Å². The molecule has 0 amide bonds. The number of ketones is 1. The van der Waals surface area contributed by atoms with Crippen molar-refractivity contribution in [3.8, 4) is 0 Å². The molecule has 3 heterocycles. The SMILES string of the molecule is O=C1C[C@H](c2ccc(Cl)cc2)CC2=C1[C@@H](c1ccccn1)Nc1nonc1N2. The molecule has 0 saturated heterocycles. The molecule has 140 valence electrons. The minimum Gasteiger partial charge on any atom is -0.351 e. The Labute approximate surface area is 165 Å². The molecule has 1 aliphatic heterocycles. The number of halogens is 1. The van der Waals surface area contributed by atoms with Crippen molar-refractivity contribution in [1.82, 2.24) is 15.3 Å². The van der Waals surface area contributed by atoms with E-state index in [1.807, 2.05) is 42.5 Å².